The molecular weight excluding hydrogens is 362 g/mol. The maximum atomic E-state index is 12.5. The minimum Gasteiger partial charge on any atom is -0.444 e. The summed E-state index contributed by atoms with van der Waals surface area (Å²) in [5.74, 6) is 0. The van der Waals surface area contributed by atoms with Gasteiger partial charge in [0.05, 0.1) is 11.0 Å². The zero-order chi connectivity index (χ0) is 19.5. The zero-order valence-corrected chi connectivity index (χ0v) is 15.4. The number of alkyl carbamates (subject to hydrolysis) is 1. The summed E-state index contributed by atoms with van der Waals surface area (Å²) >= 11 is 0. The van der Waals surface area contributed by atoms with Crippen molar-refractivity contribution >= 4 is 21.8 Å². The highest BCUT2D eigenvalue weighted by molar-refractivity contribution is 7.89. The third-order valence-electron chi connectivity index (χ3n) is 3.44. The van der Waals surface area contributed by atoms with Crippen LogP contribution in [0.5, 0.6) is 0 Å². The minimum absolute atomic E-state index is 0.277. The molecule has 10 heteroatoms. The van der Waals surface area contributed by atoms with Crippen LogP contribution in [0.3, 0.4) is 0 Å². The van der Waals surface area contributed by atoms with Crippen LogP contribution >= 0.6 is 0 Å². The second kappa shape index (κ2) is 7.42. The second-order valence-corrected chi connectivity index (χ2v) is 8.51. The van der Waals surface area contributed by atoms with Crippen molar-refractivity contribution in [3.8, 4) is 0 Å². The van der Waals surface area contributed by atoms with Gasteiger partial charge in [0.25, 0.3) is 5.69 Å². The molecule has 0 radical (unpaired) electrons. The number of nitrogens with zero attached hydrogens (tertiary/aromatic N) is 1. The fourth-order valence-electron chi connectivity index (χ4n) is 2.45. The van der Waals surface area contributed by atoms with Crippen LogP contribution in [0.4, 0.5) is 10.5 Å². The fourth-order valence-corrected chi connectivity index (χ4v) is 3.83. The van der Waals surface area contributed by atoms with Crippen LogP contribution in [-0.2, 0) is 14.8 Å². The van der Waals surface area contributed by atoms with Gasteiger partial charge in [0.15, 0.2) is 4.90 Å². The van der Waals surface area contributed by atoms with Gasteiger partial charge in [-0.15, -0.1) is 0 Å². The highest BCUT2D eigenvalue weighted by atomic mass is 32.2. The van der Waals surface area contributed by atoms with E-state index in [-0.39, 0.29) is 6.42 Å². The van der Waals surface area contributed by atoms with E-state index in [9.17, 15) is 23.3 Å². The summed E-state index contributed by atoms with van der Waals surface area (Å²) in [6.07, 6.45) is 2.92. The van der Waals surface area contributed by atoms with Gasteiger partial charge in [-0.2, -0.15) is 0 Å². The number of amides is 1. The number of hydrogen-bond acceptors (Lipinski definition) is 6. The Balaban J connectivity index is 2.02. The Labute approximate surface area is 151 Å². The molecule has 0 unspecified atom stereocenters. The number of carbonyl (C=O) groups is 1. The van der Waals surface area contributed by atoms with Crippen molar-refractivity contribution < 1.29 is 22.9 Å². The minimum atomic E-state index is -4.09. The number of nitro benzene ring substituents is 1. The molecule has 1 aromatic rings. The Morgan fingerprint density at radius 1 is 1.23 bits per heavy atom. The second-order valence-electron chi connectivity index (χ2n) is 6.83. The quantitative estimate of drug-likeness (QED) is 0.455. The smallest absolute Gasteiger partial charge is 0.408 e. The lowest BCUT2D eigenvalue weighted by molar-refractivity contribution is -0.387. The molecule has 0 fully saturated rings. The van der Waals surface area contributed by atoms with E-state index in [1.54, 1.807) is 32.9 Å². The van der Waals surface area contributed by atoms with Gasteiger partial charge in [-0.3, -0.25) is 10.1 Å². The normalized spacial score (nSPS) is 20.0. The molecule has 2 rings (SSSR count). The number of rotatable bonds is 5. The molecule has 0 saturated carbocycles. The van der Waals surface area contributed by atoms with Crippen LogP contribution in [0, 0.1) is 10.1 Å². The van der Waals surface area contributed by atoms with E-state index in [1.807, 2.05) is 0 Å². The lowest BCUT2D eigenvalue weighted by Crippen LogP contribution is -2.40. The summed E-state index contributed by atoms with van der Waals surface area (Å²) < 4.78 is 32.5. The lowest BCUT2D eigenvalue weighted by Gasteiger charge is -2.21. The highest BCUT2D eigenvalue weighted by Crippen LogP contribution is 2.24. The van der Waals surface area contributed by atoms with Crippen molar-refractivity contribution in [2.75, 3.05) is 0 Å². The molecule has 0 bridgehead atoms. The molecule has 1 aliphatic carbocycles. The molecule has 0 aromatic heterocycles. The van der Waals surface area contributed by atoms with E-state index in [4.69, 9.17) is 4.74 Å². The van der Waals surface area contributed by atoms with E-state index in [0.717, 1.165) is 6.07 Å². The number of nitro groups is 1. The summed E-state index contributed by atoms with van der Waals surface area (Å²) in [5.41, 5.74) is -1.13. The van der Waals surface area contributed by atoms with E-state index < -0.39 is 49.3 Å². The Hall–Kier alpha value is -2.46. The maximum Gasteiger partial charge on any atom is 0.408 e. The molecule has 9 nitrogen and oxygen atoms in total. The first-order valence-corrected chi connectivity index (χ1v) is 9.40. The Kier molecular flexibility index (Phi) is 5.67. The lowest BCUT2D eigenvalue weighted by atomic mass is 10.2. The fraction of sp³-hybridized carbons (Fsp3) is 0.438. The Morgan fingerprint density at radius 3 is 2.46 bits per heavy atom. The van der Waals surface area contributed by atoms with Gasteiger partial charge in [0, 0.05) is 12.1 Å². The van der Waals surface area contributed by atoms with Crippen LogP contribution in [0.2, 0.25) is 0 Å². The third-order valence-corrected chi connectivity index (χ3v) is 4.98. The average molecular weight is 383 g/mol. The molecule has 0 heterocycles. The first-order valence-electron chi connectivity index (χ1n) is 7.91. The molecule has 2 N–H and O–H groups in total. The van der Waals surface area contributed by atoms with E-state index in [2.05, 4.69) is 10.0 Å². The molecule has 1 aromatic carbocycles. The molecule has 2 atom stereocenters. The standard InChI is InChI=1S/C16H21N3O6S/c1-16(2,3)25-15(20)17-11-8-9-12(10-11)18-26(23,24)14-7-5-4-6-13(14)19(21)22/h4-9,11-12,18H,10H2,1-3H3,(H,17,20)/t11-,12+/m0/s1. The summed E-state index contributed by atoms with van der Waals surface area (Å²) in [6, 6.07) is 4.12. The molecule has 26 heavy (non-hydrogen) atoms. The van der Waals surface area contributed by atoms with Gasteiger partial charge >= 0.3 is 6.09 Å². The Morgan fingerprint density at radius 2 is 1.85 bits per heavy atom. The maximum absolute atomic E-state index is 12.5. The third kappa shape index (κ3) is 5.27. The van der Waals surface area contributed by atoms with Crippen molar-refractivity contribution in [2.45, 2.75) is 49.8 Å². The van der Waals surface area contributed by atoms with Gasteiger partial charge in [-0.05, 0) is 33.3 Å². The molecule has 142 valence electrons. The number of hydrogen-bond donors (Lipinski definition) is 2. The number of sulfonamides is 1. The van der Waals surface area contributed by atoms with Crippen LogP contribution in [0.1, 0.15) is 27.2 Å². The summed E-state index contributed by atoms with van der Waals surface area (Å²) in [7, 11) is -4.09. The van der Waals surface area contributed by atoms with Crippen molar-refractivity contribution in [2.24, 2.45) is 0 Å². The van der Waals surface area contributed by atoms with Crippen molar-refractivity contribution in [3.63, 3.8) is 0 Å². The van der Waals surface area contributed by atoms with Crippen LogP contribution in [-0.4, -0.2) is 37.1 Å². The van der Waals surface area contributed by atoms with Gasteiger partial charge in [0.1, 0.15) is 5.60 Å². The van der Waals surface area contributed by atoms with Crippen molar-refractivity contribution in [3.05, 3.63) is 46.5 Å². The van der Waals surface area contributed by atoms with Crippen molar-refractivity contribution in [1.82, 2.24) is 10.0 Å². The van der Waals surface area contributed by atoms with E-state index in [1.165, 1.54) is 18.2 Å². The predicted octanol–water partition coefficient (Wildman–Crippen LogP) is 2.09. The van der Waals surface area contributed by atoms with Crippen LogP contribution in [0.25, 0.3) is 0 Å². The van der Waals surface area contributed by atoms with Gasteiger partial charge in [-0.25, -0.2) is 17.9 Å². The average Bonchev–Trinajstić information content (AvgIpc) is 2.91. The largest absolute Gasteiger partial charge is 0.444 e. The first kappa shape index (κ1) is 19.9. The first-order chi connectivity index (χ1) is 12.0. The number of benzene rings is 1. The zero-order valence-electron chi connectivity index (χ0n) is 14.6. The van der Waals surface area contributed by atoms with Crippen molar-refractivity contribution in [1.29, 1.82) is 0 Å². The highest BCUT2D eigenvalue weighted by Gasteiger charge is 2.30. The van der Waals surface area contributed by atoms with Crippen LogP contribution in [0.15, 0.2) is 41.3 Å². The van der Waals surface area contributed by atoms with Gasteiger partial charge in [-0.1, -0.05) is 24.3 Å². The molecular formula is C16H21N3O6S. The van der Waals surface area contributed by atoms with E-state index in [0.29, 0.717) is 0 Å². The molecule has 1 amide bonds. The monoisotopic (exact) mass is 383 g/mol. The molecule has 1 aliphatic rings. The van der Waals surface area contributed by atoms with E-state index >= 15 is 0 Å². The molecule has 0 saturated heterocycles. The number of nitrogens with one attached hydrogen (secondary N) is 2. The van der Waals surface area contributed by atoms with Gasteiger partial charge in [0.2, 0.25) is 10.0 Å². The van der Waals surface area contributed by atoms with Gasteiger partial charge < -0.3 is 10.1 Å². The number of ether oxygens (including phenoxy) is 1. The van der Waals surface area contributed by atoms with Crippen LogP contribution < -0.4 is 10.0 Å². The summed E-state index contributed by atoms with van der Waals surface area (Å²) in [6.45, 7) is 5.21. The SMILES string of the molecule is CC(C)(C)OC(=O)N[C@H]1C=C[C@@H](NS(=O)(=O)c2ccccc2[N+](=O)[O-])C1. The summed E-state index contributed by atoms with van der Waals surface area (Å²) in [4.78, 5) is 21.7. The topological polar surface area (TPSA) is 128 Å². The predicted molar refractivity (Wildman–Crippen MR) is 94.1 cm³/mol. The molecule has 0 spiro atoms. The number of para-hydroxylation sites is 1. The Bertz CT molecular complexity index is 829. The summed E-state index contributed by atoms with van der Waals surface area (Å²) in [5, 5.41) is 13.7. The number of carbonyl (C=O) groups excluding carboxylic acids is 1. The molecule has 0 aliphatic heterocycles.